The molecule has 1 amide bonds. The van der Waals surface area contributed by atoms with Gasteiger partial charge >= 0.3 is 5.97 Å². The van der Waals surface area contributed by atoms with Gasteiger partial charge in [-0.25, -0.2) is 0 Å². The van der Waals surface area contributed by atoms with Crippen LogP contribution in [0.25, 0.3) is 11.1 Å². The summed E-state index contributed by atoms with van der Waals surface area (Å²) in [6, 6.07) is 16.6. The molecule has 0 aliphatic carbocycles. The van der Waals surface area contributed by atoms with E-state index >= 15 is 0 Å². The second-order valence-electron chi connectivity index (χ2n) is 7.84. The summed E-state index contributed by atoms with van der Waals surface area (Å²) >= 11 is 0. The molecule has 2 aromatic heterocycles. The Morgan fingerprint density at radius 1 is 1.15 bits per heavy atom. The lowest BCUT2D eigenvalue weighted by atomic mass is 10.0. The number of carboxylic acid groups (broad SMARTS) is 1. The normalized spacial score (nSPS) is 11.7. The minimum absolute atomic E-state index is 0.00104. The number of hydrogen-bond acceptors (Lipinski definition) is 7. The first-order chi connectivity index (χ1) is 16.4. The number of hydrogen-bond donors (Lipinski definition) is 3. The highest BCUT2D eigenvalue weighted by Gasteiger charge is 2.13. The summed E-state index contributed by atoms with van der Waals surface area (Å²) in [5, 5.41) is 14.8. The van der Waals surface area contributed by atoms with E-state index in [1.807, 2.05) is 30.3 Å². The molecule has 2 aromatic carbocycles. The number of para-hydroxylation sites is 2. The molecule has 0 spiro atoms. The van der Waals surface area contributed by atoms with Gasteiger partial charge in [0.25, 0.3) is 6.01 Å². The number of aliphatic carboxylic acids is 1. The average Bonchev–Trinajstić information content (AvgIpc) is 3.21. The van der Waals surface area contributed by atoms with Crippen molar-refractivity contribution in [3.05, 3.63) is 72.1 Å². The summed E-state index contributed by atoms with van der Waals surface area (Å²) in [4.78, 5) is 32.1. The van der Waals surface area contributed by atoms with Crippen LogP contribution in [-0.2, 0) is 16.0 Å². The van der Waals surface area contributed by atoms with Gasteiger partial charge in [-0.3, -0.25) is 14.6 Å². The molecule has 3 N–H and O–H groups in total. The number of ether oxygens (including phenoxy) is 1. The molecule has 0 aliphatic rings. The smallest absolute Gasteiger partial charge is 0.304 e. The Morgan fingerprint density at radius 2 is 1.97 bits per heavy atom. The number of anilines is 3. The molecule has 2 heterocycles. The lowest BCUT2D eigenvalue weighted by molar-refractivity contribution is -0.137. The maximum Gasteiger partial charge on any atom is 0.304 e. The number of carbonyl (C=O) groups excluding carboxylic acids is 1. The third kappa shape index (κ3) is 5.50. The van der Waals surface area contributed by atoms with E-state index in [-0.39, 0.29) is 24.7 Å². The summed E-state index contributed by atoms with van der Waals surface area (Å²) in [6.07, 6.45) is 1.67. The van der Waals surface area contributed by atoms with Crippen molar-refractivity contribution in [2.75, 3.05) is 17.7 Å². The van der Waals surface area contributed by atoms with E-state index in [2.05, 4.69) is 20.6 Å². The largest absolute Gasteiger partial charge is 0.495 e. The fourth-order valence-corrected chi connectivity index (χ4v) is 3.52. The summed E-state index contributed by atoms with van der Waals surface area (Å²) in [6.45, 7) is 1.80. The van der Waals surface area contributed by atoms with Crippen LogP contribution in [-0.4, -0.2) is 34.1 Å². The van der Waals surface area contributed by atoms with Gasteiger partial charge in [0.2, 0.25) is 5.91 Å². The molecule has 174 valence electrons. The standard InChI is InChI=1S/C25H24N4O5/c1-15(11-24(31)32)18-10-8-17(14-26-18)27-23(30)13-16-7-9-20-22(12-16)34-25(29-20)28-19-5-3-4-6-21(19)33-2/h3-10,12,14-15H,11,13H2,1-2H3,(H,27,30)(H,28,29)(H,31,32)/t15-/m0/s1. The number of benzene rings is 2. The molecule has 9 heteroatoms. The number of carboxylic acids is 1. The summed E-state index contributed by atoms with van der Waals surface area (Å²) in [5.41, 5.74) is 3.92. The van der Waals surface area contributed by atoms with Crippen LogP contribution in [0.2, 0.25) is 0 Å². The Hall–Kier alpha value is -4.40. The Morgan fingerprint density at radius 3 is 2.71 bits per heavy atom. The monoisotopic (exact) mass is 460 g/mol. The zero-order valence-electron chi connectivity index (χ0n) is 18.7. The second kappa shape index (κ2) is 10.0. The minimum atomic E-state index is -0.877. The Kier molecular flexibility index (Phi) is 6.72. The van der Waals surface area contributed by atoms with Gasteiger partial charge in [0.15, 0.2) is 5.58 Å². The Bertz CT molecular complexity index is 1320. The maximum absolute atomic E-state index is 12.5. The van der Waals surface area contributed by atoms with E-state index in [1.165, 1.54) is 6.20 Å². The first-order valence-electron chi connectivity index (χ1n) is 10.7. The van der Waals surface area contributed by atoms with E-state index in [0.29, 0.717) is 34.2 Å². The molecule has 0 radical (unpaired) electrons. The molecule has 1 atom stereocenters. The molecule has 0 unspecified atom stereocenters. The topological polar surface area (TPSA) is 127 Å². The number of rotatable bonds is 9. The lowest BCUT2D eigenvalue weighted by Gasteiger charge is -2.10. The van der Waals surface area contributed by atoms with E-state index in [9.17, 15) is 9.59 Å². The van der Waals surface area contributed by atoms with Crippen molar-refractivity contribution in [1.29, 1.82) is 0 Å². The van der Waals surface area contributed by atoms with E-state index in [4.69, 9.17) is 14.3 Å². The molecular weight excluding hydrogens is 436 g/mol. The predicted octanol–water partition coefficient (Wildman–Crippen LogP) is 4.73. The minimum Gasteiger partial charge on any atom is -0.495 e. The van der Waals surface area contributed by atoms with Gasteiger partial charge in [-0.05, 0) is 42.0 Å². The van der Waals surface area contributed by atoms with E-state index < -0.39 is 5.97 Å². The molecule has 0 saturated carbocycles. The van der Waals surface area contributed by atoms with Crippen LogP contribution in [0.5, 0.6) is 5.75 Å². The average molecular weight is 460 g/mol. The van der Waals surface area contributed by atoms with Crippen LogP contribution in [0.4, 0.5) is 17.4 Å². The molecule has 4 rings (SSSR count). The SMILES string of the molecule is COc1ccccc1Nc1nc2ccc(CC(=O)Nc3ccc([C@@H](C)CC(=O)O)nc3)cc2o1. The van der Waals surface area contributed by atoms with Crippen LogP contribution >= 0.6 is 0 Å². The van der Waals surface area contributed by atoms with Gasteiger partial charge in [0, 0.05) is 11.6 Å². The highest BCUT2D eigenvalue weighted by molar-refractivity contribution is 5.92. The van der Waals surface area contributed by atoms with Crippen molar-refractivity contribution >= 4 is 40.4 Å². The number of carbonyl (C=O) groups is 2. The number of methoxy groups -OCH3 is 1. The molecular formula is C25H24N4O5. The number of aromatic nitrogens is 2. The van der Waals surface area contributed by atoms with E-state index in [0.717, 1.165) is 11.3 Å². The summed E-state index contributed by atoms with van der Waals surface area (Å²) < 4.78 is 11.1. The van der Waals surface area contributed by atoms with Crippen LogP contribution in [0.15, 0.2) is 65.2 Å². The molecule has 0 saturated heterocycles. The third-order valence-electron chi connectivity index (χ3n) is 5.22. The van der Waals surface area contributed by atoms with Crippen LogP contribution < -0.4 is 15.4 Å². The Labute approximate surface area is 195 Å². The van der Waals surface area contributed by atoms with Crippen molar-refractivity contribution in [2.45, 2.75) is 25.7 Å². The zero-order chi connectivity index (χ0) is 24.1. The number of pyridine rings is 1. The molecule has 0 bridgehead atoms. The number of nitrogens with zero attached hydrogens (tertiary/aromatic N) is 2. The molecule has 34 heavy (non-hydrogen) atoms. The molecule has 4 aromatic rings. The van der Waals surface area contributed by atoms with Crippen molar-refractivity contribution in [2.24, 2.45) is 0 Å². The quantitative estimate of drug-likeness (QED) is 0.327. The fraction of sp³-hybridized carbons (Fsp3) is 0.200. The van der Waals surface area contributed by atoms with Gasteiger partial charge in [0.05, 0.1) is 37.5 Å². The predicted molar refractivity (Wildman–Crippen MR) is 128 cm³/mol. The lowest BCUT2D eigenvalue weighted by Crippen LogP contribution is -2.14. The van der Waals surface area contributed by atoms with Gasteiger partial charge in [-0.2, -0.15) is 4.98 Å². The zero-order valence-corrected chi connectivity index (χ0v) is 18.7. The number of fused-ring (bicyclic) bond motifs is 1. The fourth-order valence-electron chi connectivity index (χ4n) is 3.52. The van der Waals surface area contributed by atoms with Crippen molar-refractivity contribution in [3.8, 4) is 5.75 Å². The molecule has 0 aliphatic heterocycles. The van der Waals surface area contributed by atoms with Crippen LogP contribution in [0.3, 0.4) is 0 Å². The Balaban J connectivity index is 1.40. The van der Waals surface area contributed by atoms with Crippen LogP contribution in [0, 0.1) is 0 Å². The molecule has 9 nitrogen and oxygen atoms in total. The molecule has 0 fully saturated rings. The number of oxazole rings is 1. The first-order valence-corrected chi connectivity index (χ1v) is 10.7. The van der Waals surface area contributed by atoms with Gasteiger partial charge in [-0.1, -0.05) is 25.1 Å². The summed E-state index contributed by atoms with van der Waals surface area (Å²) in [5.74, 6) is -0.628. The first kappa shape index (κ1) is 22.8. The number of amides is 1. The van der Waals surface area contributed by atoms with Crippen molar-refractivity contribution in [3.63, 3.8) is 0 Å². The van der Waals surface area contributed by atoms with Gasteiger partial charge in [0.1, 0.15) is 11.3 Å². The highest BCUT2D eigenvalue weighted by Crippen LogP contribution is 2.29. The van der Waals surface area contributed by atoms with Crippen LogP contribution in [0.1, 0.15) is 30.5 Å². The highest BCUT2D eigenvalue weighted by atomic mass is 16.5. The van der Waals surface area contributed by atoms with Crippen molar-refractivity contribution < 1.29 is 23.8 Å². The van der Waals surface area contributed by atoms with E-state index in [1.54, 1.807) is 38.3 Å². The summed E-state index contributed by atoms with van der Waals surface area (Å²) in [7, 11) is 1.59. The van der Waals surface area contributed by atoms with Gasteiger partial charge < -0.3 is 24.9 Å². The third-order valence-corrected chi connectivity index (χ3v) is 5.22. The van der Waals surface area contributed by atoms with Gasteiger partial charge in [-0.15, -0.1) is 0 Å². The van der Waals surface area contributed by atoms with Crippen molar-refractivity contribution in [1.82, 2.24) is 9.97 Å². The maximum atomic E-state index is 12.5. The number of nitrogens with one attached hydrogen (secondary N) is 2. The second-order valence-corrected chi connectivity index (χ2v) is 7.84.